The van der Waals surface area contributed by atoms with Crippen LogP contribution in [0.4, 0.5) is 30.5 Å². The standard InChI is InChI=1S/C20H18F3N5O4S/c1-29-12-5-4-6-13(30-2)18(12)33-28-19-10-7-15(31-3)11(8-14(10)32-27-19)24-17-9-16(25-26-17)20(21,22)23/h4-9H,1-3H3,(H,27,28)(H2,24,25,26). The number of rotatable bonds is 8. The molecule has 174 valence electrons. The van der Waals surface area contributed by atoms with Gasteiger partial charge < -0.3 is 28.8 Å². The van der Waals surface area contributed by atoms with Gasteiger partial charge in [0.2, 0.25) is 0 Å². The summed E-state index contributed by atoms with van der Waals surface area (Å²) in [4.78, 5) is 0.711. The van der Waals surface area contributed by atoms with Crippen LogP contribution in [-0.4, -0.2) is 36.7 Å². The van der Waals surface area contributed by atoms with E-state index in [1.165, 1.54) is 19.1 Å². The average Bonchev–Trinajstić information content (AvgIpc) is 3.43. The fraction of sp³-hybridized carbons (Fsp3) is 0.200. The largest absolute Gasteiger partial charge is 0.495 e. The second-order valence-electron chi connectivity index (χ2n) is 6.57. The van der Waals surface area contributed by atoms with Gasteiger partial charge in [0, 0.05) is 12.1 Å². The predicted molar refractivity (Wildman–Crippen MR) is 116 cm³/mol. The summed E-state index contributed by atoms with van der Waals surface area (Å²) >= 11 is 1.22. The first kappa shape index (κ1) is 22.5. The van der Waals surface area contributed by atoms with Crippen LogP contribution in [0.5, 0.6) is 17.2 Å². The molecule has 4 rings (SSSR count). The molecule has 13 heteroatoms. The molecule has 0 saturated heterocycles. The second-order valence-corrected chi connectivity index (χ2v) is 7.38. The predicted octanol–water partition coefficient (Wildman–Crippen LogP) is 5.46. The van der Waals surface area contributed by atoms with E-state index in [0.717, 1.165) is 6.07 Å². The van der Waals surface area contributed by atoms with E-state index < -0.39 is 11.9 Å². The highest BCUT2D eigenvalue weighted by molar-refractivity contribution is 8.00. The third kappa shape index (κ3) is 4.58. The first-order valence-electron chi connectivity index (χ1n) is 9.35. The molecule has 3 N–H and O–H groups in total. The third-order valence-corrected chi connectivity index (χ3v) is 5.47. The maximum Gasteiger partial charge on any atom is 0.432 e. The summed E-state index contributed by atoms with van der Waals surface area (Å²) in [5.74, 6) is 1.95. The number of H-pyrrole nitrogens is 1. The van der Waals surface area contributed by atoms with Crippen LogP contribution in [0.1, 0.15) is 5.69 Å². The zero-order valence-corrected chi connectivity index (χ0v) is 18.4. The van der Waals surface area contributed by atoms with Crippen molar-refractivity contribution in [1.82, 2.24) is 15.4 Å². The SMILES string of the molecule is COc1cc2c(NSc3c(OC)cccc3OC)noc2cc1Nc1cc(C(F)(F)F)[nH]n1. The Bertz CT molecular complexity index is 1250. The Balaban J connectivity index is 1.60. The van der Waals surface area contributed by atoms with Gasteiger partial charge in [-0.05, 0) is 30.1 Å². The Labute approximate surface area is 189 Å². The van der Waals surface area contributed by atoms with Crippen molar-refractivity contribution in [2.45, 2.75) is 11.1 Å². The number of methoxy groups -OCH3 is 3. The van der Waals surface area contributed by atoms with Crippen LogP contribution in [0.2, 0.25) is 0 Å². The van der Waals surface area contributed by atoms with Crippen molar-refractivity contribution in [3.63, 3.8) is 0 Å². The Kier molecular flexibility index (Phi) is 6.14. The summed E-state index contributed by atoms with van der Waals surface area (Å²) in [6, 6.07) is 9.47. The molecule has 0 fully saturated rings. The molecule has 0 aliphatic heterocycles. The molecule has 0 aliphatic carbocycles. The maximum atomic E-state index is 12.8. The van der Waals surface area contributed by atoms with Crippen LogP contribution in [0, 0.1) is 0 Å². The summed E-state index contributed by atoms with van der Waals surface area (Å²) in [5, 5.41) is 13.0. The highest BCUT2D eigenvalue weighted by Crippen LogP contribution is 2.40. The van der Waals surface area contributed by atoms with Crippen molar-refractivity contribution in [2.24, 2.45) is 0 Å². The topological polar surface area (TPSA) is 106 Å². The van der Waals surface area contributed by atoms with Gasteiger partial charge in [-0.25, -0.2) is 0 Å². The smallest absolute Gasteiger partial charge is 0.432 e. The number of ether oxygens (including phenoxy) is 3. The zero-order valence-electron chi connectivity index (χ0n) is 17.5. The van der Waals surface area contributed by atoms with Crippen molar-refractivity contribution in [3.8, 4) is 17.2 Å². The molecule has 4 aromatic rings. The average molecular weight is 481 g/mol. The number of benzene rings is 2. The number of fused-ring (bicyclic) bond motifs is 1. The normalized spacial score (nSPS) is 11.5. The number of aromatic amines is 1. The number of hydrogen-bond donors (Lipinski definition) is 3. The molecule has 9 nitrogen and oxygen atoms in total. The fourth-order valence-corrected chi connectivity index (χ4v) is 3.84. The molecule has 0 radical (unpaired) electrons. The molecule has 0 atom stereocenters. The molecular weight excluding hydrogens is 463 g/mol. The Morgan fingerprint density at radius 2 is 1.70 bits per heavy atom. The molecule has 2 aromatic carbocycles. The van der Waals surface area contributed by atoms with Crippen molar-refractivity contribution in [1.29, 1.82) is 0 Å². The molecule has 0 spiro atoms. The number of halogens is 3. The van der Waals surface area contributed by atoms with Gasteiger partial charge in [-0.1, -0.05) is 11.2 Å². The minimum absolute atomic E-state index is 0.0309. The lowest BCUT2D eigenvalue weighted by Crippen LogP contribution is -2.04. The van der Waals surface area contributed by atoms with E-state index in [0.29, 0.717) is 44.6 Å². The Hall–Kier alpha value is -3.74. The molecule has 0 aliphatic rings. The quantitative estimate of drug-likeness (QED) is 0.283. The molecule has 33 heavy (non-hydrogen) atoms. The number of anilines is 3. The van der Waals surface area contributed by atoms with E-state index in [1.807, 2.05) is 11.2 Å². The zero-order chi connectivity index (χ0) is 23.6. The highest BCUT2D eigenvalue weighted by atomic mass is 32.2. The summed E-state index contributed by atoms with van der Waals surface area (Å²) in [7, 11) is 4.55. The van der Waals surface area contributed by atoms with Crippen LogP contribution in [0.25, 0.3) is 11.0 Å². The molecule has 0 bridgehead atoms. The number of nitrogens with zero attached hydrogens (tertiary/aromatic N) is 2. The van der Waals surface area contributed by atoms with Gasteiger partial charge in [-0.2, -0.15) is 18.3 Å². The van der Waals surface area contributed by atoms with E-state index in [2.05, 4.69) is 20.3 Å². The van der Waals surface area contributed by atoms with Crippen LogP contribution in [0.15, 0.2) is 45.8 Å². The lowest BCUT2D eigenvalue weighted by Gasteiger charge is -2.12. The van der Waals surface area contributed by atoms with Crippen LogP contribution in [0.3, 0.4) is 0 Å². The van der Waals surface area contributed by atoms with Gasteiger partial charge in [0.1, 0.15) is 27.8 Å². The van der Waals surface area contributed by atoms with Gasteiger partial charge in [-0.15, -0.1) is 0 Å². The Morgan fingerprint density at radius 3 is 2.30 bits per heavy atom. The van der Waals surface area contributed by atoms with Gasteiger partial charge in [0.15, 0.2) is 17.2 Å². The van der Waals surface area contributed by atoms with Crippen molar-refractivity contribution < 1.29 is 31.9 Å². The van der Waals surface area contributed by atoms with Crippen molar-refractivity contribution in [3.05, 3.63) is 42.1 Å². The van der Waals surface area contributed by atoms with Crippen LogP contribution < -0.4 is 24.2 Å². The van der Waals surface area contributed by atoms with Crippen molar-refractivity contribution >= 4 is 40.2 Å². The molecule has 2 heterocycles. The maximum absolute atomic E-state index is 12.8. The lowest BCUT2D eigenvalue weighted by atomic mass is 10.2. The molecule has 0 amide bonds. The van der Waals surface area contributed by atoms with Gasteiger partial charge in [0.25, 0.3) is 0 Å². The minimum atomic E-state index is -4.53. The Morgan fingerprint density at radius 1 is 1.00 bits per heavy atom. The van der Waals surface area contributed by atoms with E-state index in [-0.39, 0.29) is 5.82 Å². The number of hydrogen-bond acceptors (Lipinski definition) is 9. The molecular formula is C20H18F3N5O4S. The molecule has 0 saturated carbocycles. The van der Waals surface area contributed by atoms with E-state index in [4.69, 9.17) is 18.7 Å². The lowest BCUT2D eigenvalue weighted by molar-refractivity contribution is -0.141. The summed E-state index contributed by atoms with van der Waals surface area (Å²) in [6.45, 7) is 0. The van der Waals surface area contributed by atoms with E-state index >= 15 is 0 Å². The van der Waals surface area contributed by atoms with E-state index in [9.17, 15) is 13.2 Å². The van der Waals surface area contributed by atoms with Gasteiger partial charge in [0.05, 0.1) is 32.4 Å². The molecule has 2 aromatic heterocycles. The molecule has 0 unspecified atom stereocenters. The van der Waals surface area contributed by atoms with Gasteiger partial charge in [-0.3, -0.25) is 5.10 Å². The fourth-order valence-electron chi connectivity index (χ4n) is 2.99. The summed E-state index contributed by atoms with van der Waals surface area (Å²) in [5.41, 5.74) is -0.244. The monoisotopic (exact) mass is 481 g/mol. The number of alkyl halides is 3. The second kappa shape index (κ2) is 9.02. The minimum Gasteiger partial charge on any atom is -0.495 e. The van der Waals surface area contributed by atoms with E-state index in [1.54, 1.807) is 38.5 Å². The number of aromatic nitrogens is 3. The highest BCUT2D eigenvalue weighted by Gasteiger charge is 2.33. The first-order valence-corrected chi connectivity index (χ1v) is 10.2. The van der Waals surface area contributed by atoms with Crippen LogP contribution >= 0.6 is 11.9 Å². The summed E-state index contributed by atoms with van der Waals surface area (Å²) < 4.78 is 63.1. The van der Waals surface area contributed by atoms with Gasteiger partial charge >= 0.3 is 6.18 Å². The van der Waals surface area contributed by atoms with Crippen molar-refractivity contribution in [2.75, 3.05) is 31.4 Å². The third-order valence-electron chi connectivity index (χ3n) is 4.57. The summed E-state index contributed by atoms with van der Waals surface area (Å²) in [6.07, 6.45) is -4.53. The van der Waals surface area contributed by atoms with Crippen LogP contribution in [-0.2, 0) is 6.18 Å². The first-order chi connectivity index (χ1) is 15.8. The number of nitrogens with one attached hydrogen (secondary N) is 3.